The number of benzene rings is 2. The Balaban J connectivity index is 2.39. The van der Waals surface area contributed by atoms with Crippen molar-refractivity contribution in [3.63, 3.8) is 0 Å². The molecule has 0 saturated carbocycles. The van der Waals surface area contributed by atoms with Gasteiger partial charge < -0.3 is 5.11 Å². The third-order valence-electron chi connectivity index (χ3n) is 2.83. The monoisotopic (exact) mass is 354 g/mol. The van der Waals surface area contributed by atoms with E-state index in [1.165, 1.54) is 23.9 Å². The van der Waals surface area contributed by atoms with Crippen LogP contribution in [0.25, 0.3) is 0 Å². The van der Waals surface area contributed by atoms with E-state index in [0.29, 0.717) is 4.90 Å². The van der Waals surface area contributed by atoms with Gasteiger partial charge in [0, 0.05) is 9.79 Å². The summed E-state index contributed by atoms with van der Waals surface area (Å²) >= 11 is 4.29. The van der Waals surface area contributed by atoms with Gasteiger partial charge >= 0.3 is 5.97 Å². The molecule has 0 bridgehead atoms. The highest BCUT2D eigenvalue weighted by atomic mass is 79.9. The van der Waals surface area contributed by atoms with Crippen LogP contribution >= 0.6 is 27.7 Å². The van der Waals surface area contributed by atoms with Crippen LogP contribution in [0.5, 0.6) is 0 Å². The molecule has 0 fully saturated rings. The molecule has 0 atom stereocenters. The van der Waals surface area contributed by atoms with Crippen LogP contribution in [0.15, 0.2) is 44.6 Å². The third kappa shape index (κ3) is 3.04. The molecule has 0 amide bonds. The summed E-state index contributed by atoms with van der Waals surface area (Å²) < 4.78 is 14.2. The van der Waals surface area contributed by atoms with Crippen molar-refractivity contribution in [1.82, 2.24) is 0 Å². The lowest BCUT2D eigenvalue weighted by molar-refractivity contribution is 0.0695. The molecular formula is C15H12BrFO2S. The second-order valence-electron chi connectivity index (χ2n) is 4.42. The van der Waals surface area contributed by atoms with Gasteiger partial charge in [0.15, 0.2) is 5.82 Å². The average molecular weight is 355 g/mol. The van der Waals surface area contributed by atoms with E-state index in [-0.39, 0.29) is 10.0 Å². The van der Waals surface area contributed by atoms with Gasteiger partial charge in [0.25, 0.3) is 0 Å². The molecule has 0 unspecified atom stereocenters. The van der Waals surface area contributed by atoms with Gasteiger partial charge in [-0.1, -0.05) is 29.5 Å². The van der Waals surface area contributed by atoms with Crippen LogP contribution in [-0.2, 0) is 0 Å². The van der Waals surface area contributed by atoms with Crippen LogP contribution < -0.4 is 0 Å². The zero-order chi connectivity index (χ0) is 14.9. The van der Waals surface area contributed by atoms with Gasteiger partial charge in [-0.3, -0.25) is 0 Å². The maximum Gasteiger partial charge on any atom is 0.336 e. The summed E-state index contributed by atoms with van der Waals surface area (Å²) in [6, 6.07) is 8.83. The van der Waals surface area contributed by atoms with Crippen molar-refractivity contribution in [1.29, 1.82) is 0 Å². The molecule has 2 rings (SSSR count). The first-order chi connectivity index (χ1) is 9.40. The summed E-state index contributed by atoms with van der Waals surface area (Å²) in [4.78, 5) is 12.3. The Kier molecular flexibility index (Phi) is 4.50. The number of halogens is 2. The van der Waals surface area contributed by atoms with Crippen molar-refractivity contribution in [2.24, 2.45) is 0 Å². The fraction of sp³-hybridized carbons (Fsp3) is 0.133. The summed E-state index contributed by atoms with van der Waals surface area (Å²) in [5.74, 6) is -1.70. The highest BCUT2D eigenvalue weighted by Crippen LogP contribution is 2.36. The summed E-state index contributed by atoms with van der Waals surface area (Å²) in [6.45, 7) is 3.97. The molecule has 104 valence electrons. The Morgan fingerprint density at radius 1 is 1.20 bits per heavy atom. The summed E-state index contributed by atoms with van der Waals surface area (Å²) in [7, 11) is 0. The first-order valence-electron chi connectivity index (χ1n) is 5.86. The Hall–Kier alpha value is -1.33. The van der Waals surface area contributed by atoms with E-state index >= 15 is 0 Å². The van der Waals surface area contributed by atoms with E-state index in [9.17, 15) is 9.18 Å². The number of hydrogen-bond acceptors (Lipinski definition) is 2. The molecule has 5 heteroatoms. The maximum atomic E-state index is 14.2. The van der Waals surface area contributed by atoms with Crippen molar-refractivity contribution in [2.45, 2.75) is 23.6 Å². The van der Waals surface area contributed by atoms with E-state index in [1.807, 2.05) is 32.0 Å². The first-order valence-corrected chi connectivity index (χ1v) is 7.47. The quantitative estimate of drug-likeness (QED) is 0.837. The number of rotatable bonds is 3. The Morgan fingerprint density at radius 2 is 1.85 bits per heavy atom. The summed E-state index contributed by atoms with van der Waals surface area (Å²) in [5.41, 5.74) is 2.13. The lowest BCUT2D eigenvalue weighted by atomic mass is 10.2. The smallest absolute Gasteiger partial charge is 0.336 e. The minimum Gasteiger partial charge on any atom is -0.478 e. The van der Waals surface area contributed by atoms with Gasteiger partial charge in [-0.2, -0.15) is 0 Å². The Bertz CT molecular complexity index is 686. The largest absolute Gasteiger partial charge is 0.478 e. The van der Waals surface area contributed by atoms with Gasteiger partial charge in [-0.15, -0.1) is 0 Å². The SMILES string of the molecule is Cc1ccc(Sc2ccc(C(=O)O)c(Br)c2F)c(C)c1. The van der Waals surface area contributed by atoms with E-state index in [2.05, 4.69) is 15.9 Å². The second-order valence-corrected chi connectivity index (χ2v) is 6.29. The van der Waals surface area contributed by atoms with Gasteiger partial charge in [-0.05, 0) is 53.5 Å². The summed E-state index contributed by atoms with van der Waals surface area (Å²) in [5, 5.41) is 8.94. The molecule has 0 aromatic heterocycles. The molecule has 0 aliphatic carbocycles. The predicted molar refractivity (Wildman–Crippen MR) is 81.1 cm³/mol. The molecule has 0 aliphatic rings. The minimum atomic E-state index is -1.15. The second kappa shape index (κ2) is 5.97. The lowest BCUT2D eigenvalue weighted by Gasteiger charge is -2.09. The Labute approximate surface area is 129 Å². The fourth-order valence-electron chi connectivity index (χ4n) is 1.81. The van der Waals surface area contributed by atoms with Crippen molar-refractivity contribution in [3.8, 4) is 0 Å². The van der Waals surface area contributed by atoms with Crippen LogP contribution in [0.2, 0.25) is 0 Å². The lowest BCUT2D eigenvalue weighted by Crippen LogP contribution is -2.00. The number of aryl methyl sites for hydroxylation is 2. The Morgan fingerprint density at radius 3 is 2.45 bits per heavy atom. The van der Waals surface area contributed by atoms with Crippen LogP contribution in [0.1, 0.15) is 21.5 Å². The molecule has 0 saturated heterocycles. The molecule has 2 nitrogen and oxygen atoms in total. The normalized spacial score (nSPS) is 10.6. The zero-order valence-electron chi connectivity index (χ0n) is 10.9. The molecule has 20 heavy (non-hydrogen) atoms. The molecular weight excluding hydrogens is 343 g/mol. The van der Waals surface area contributed by atoms with Crippen molar-refractivity contribution < 1.29 is 14.3 Å². The van der Waals surface area contributed by atoms with E-state index in [4.69, 9.17) is 5.11 Å². The van der Waals surface area contributed by atoms with Crippen molar-refractivity contribution in [2.75, 3.05) is 0 Å². The molecule has 0 aliphatic heterocycles. The highest BCUT2D eigenvalue weighted by Gasteiger charge is 2.16. The number of carboxylic acids is 1. The van der Waals surface area contributed by atoms with Gasteiger partial charge in [0.2, 0.25) is 0 Å². The molecule has 1 N–H and O–H groups in total. The highest BCUT2D eigenvalue weighted by molar-refractivity contribution is 9.10. The van der Waals surface area contributed by atoms with E-state index < -0.39 is 11.8 Å². The van der Waals surface area contributed by atoms with Crippen LogP contribution in [-0.4, -0.2) is 11.1 Å². The zero-order valence-corrected chi connectivity index (χ0v) is 13.3. The molecule has 0 heterocycles. The number of carbonyl (C=O) groups is 1. The topological polar surface area (TPSA) is 37.3 Å². The van der Waals surface area contributed by atoms with Crippen LogP contribution in [0.3, 0.4) is 0 Å². The predicted octanol–water partition coefficient (Wildman–Crippen LogP) is 5.05. The van der Waals surface area contributed by atoms with Gasteiger partial charge in [-0.25, -0.2) is 9.18 Å². The van der Waals surface area contributed by atoms with Crippen LogP contribution in [0, 0.1) is 19.7 Å². The number of aromatic carboxylic acids is 1. The van der Waals surface area contributed by atoms with E-state index in [1.54, 1.807) is 0 Å². The number of carboxylic acid groups (broad SMARTS) is 1. The van der Waals surface area contributed by atoms with E-state index in [0.717, 1.165) is 16.0 Å². The molecule has 0 spiro atoms. The first kappa shape index (κ1) is 15.1. The molecule has 2 aromatic rings. The minimum absolute atomic E-state index is 0.0141. The van der Waals surface area contributed by atoms with Crippen LogP contribution in [0.4, 0.5) is 4.39 Å². The number of hydrogen-bond donors (Lipinski definition) is 1. The average Bonchev–Trinajstić information content (AvgIpc) is 2.37. The van der Waals surface area contributed by atoms with Gasteiger partial charge in [0.1, 0.15) is 0 Å². The molecule has 0 radical (unpaired) electrons. The van der Waals surface area contributed by atoms with Crippen molar-refractivity contribution >= 4 is 33.7 Å². The van der Waals surface area contributed by atoms with Crippen molar-refractivity contribution in [3.05, 3.63) is 57.3 Å². The molecule has 2 aromatic carbocycles. The maximum absolute atomic E-state index is 14.2. The van der Waals surface area contributed by atoms with Gasteiger partial charge in [0.05, 0.1) is 10.0 Å². The summed E-state index contributed by atoms with van der Waals surface area (Å²) in [6.07, 6.45) is 0. The standard InChI is InChI=1S/C15H12BrFO2S/c1-8-3-5-11(9(2)7-8)20-12-6-4-10(15(18)19)13(16)14(12)17/h3-7H,1-2H3,(H,18,19). The fourth-order valence-corrected chi connectivity index (χ4v) is 3.38. The third-order valence-corrected chi connectivity index (χ3v) is 4.82.